The third kappa shape index (κ3) is 3.32. The Hall–Kier alpha value is -4.00. The number of pyridine rings is 2. The van der Waals surface area contributed by atoms with Gasteiger partial charge < -0.3 is 9.73 Å². The molecular weight excluding hydrogens is 402 g/mol. The minimum absolute atomic E-state index is 0.0978. The number of fused-ring (bicyclic) bond motifs is 2. The van der Waals surface area contributed by atoms with Crippen LogP contribution < -0.4 is 5.32 Å². The summed E-state index contributed by atoms with van der Waals surface area (Å²) in [5.41, 5.74) is 4.11. The normalized spacial score (nSPS) is 11.5. The lowest BCUT2D eigenvalue weighted by Crippen LogP contribution is -2.14. The summed E-state index contributed by atoms with van der Waals surface area (Å²) in [7, 11) is 0. The zero-order valence-corrected chi connectivity index (χ0v) is 18.4. The molecular formula is C25H23N5O2. The van der Waals surface area contributed by atoms with Gasteiger partial charge in [-0.25, -0.2) is 9.67 Å². The molecule has 0 aliphatic carbocycles. The Morgan fingerprint density at radius 3 is 2.69 bits per heavy atom. The van der Waals surface area contributed by atoms with Crippen molar-refractivity contribution in [2.75, 3.05) is 5.32 Å². The minimum atomic E-state index is -0.238. The highest BCUT2D eigenvalue weighted by molar-refractivity contribution is 6.14. The summed E-state index contributed by atoms with van der Waals surface area (Å²) in [5, 5.41) is 9.20. The number of aromatic nitrogens is 4. The van der Waals surface area contributed by atoms with E-state index in [4.69, 9.17) is 9.40 Å². The molecule has 4 heterocycles. The number of amides is 1. The molecule has 32 heavy (non-hydrogen) atoms. The molecule has 160 valence electrons. The van der Waals surface area contributed by atoms with Crippen LogP contribution in [0.5, 0.6) is 0 Å². The fourth-order valence-corrected chi connectivity index (χ4v) is 4.00. The topological polar surface area (TPSA) is 85.8 Å². The third-order valence-corrected chi connectivity index (χ3v) is 5.50. The first-order valence-electron chi connectivity index (χ1n) is 10.5. The number of furan rings is 1. The second-order valence-corrected chi connectivity index (χ2v) is 8.14. The summed E-state index contributed by atoms with van der Waals surface area (Å²) >= 11 is 0. The quantitative estimate of drug-likeness (QED) is 0.400. The standard InChI is InChI=1S/C25H23N5O2/c1-14(2)30-24-20(13-27-30)19(12-22(28-24)18-11-15(3)32-16(18)4)25(31)29-21-9-5-7-17-8-6-10-26-23(17)21/h5-14H,1-4H3,(H,29,31). The Kier molecular flexibility index (Phi) is 4.74. The number of carbonyl (C=O) groups is 1. The number of carbonyl (C=O) groups excluding carboxylic acids is 1. The Bertz CT molecular complexity index is 1470. The molecule has 7 heteroatoms. The van der Waals surface area contributed by atoms with Gasteiger partial charge in [-0.1, -0.05) is 18.2 Å². The number of nitrogens with one attached hydrogen (secondary N) is 1. The van der Waals surface area contributed by atoms with Crippen molar-refractivity contribution in [3.05, 3.63) is 71.9 Å². The summed E-state index contributed by atoms with van der Waals surface area (Å²) in [4.78, 5) is 22.8. The van der Waals surface area contributed by atoms with Crippen molar-refractivity contribution in [2.45, 2.75) is 33.7 Å². The van der Waals surface area contributed by atoms with E-state index in [0.717, 1.165) is 28.0 Å². The van der Waals surface area contributed by atoms with Gasteiger partial charge in [-0.05, 0) is 52.0 Å². The lowest BCUT2D eigenvalue weighted by atomic mass is 10.1. The lowest BCUT2D eigenvalue weighted by Gasteiger charge is -2.11. The molecule has 1 amide bonds. The predicted molar refractivity (Wildman–Crippen MR) is 125 cm³/mol. The van der Waals surface area contributed by atoms with Gasteiger partial charge >= 0.3 is 0 Å². The molecule has 0 spiro atoms. The van der Waals surface area contributed by atoms with Gasteiger partial charge in [-0.15, -0.1) is 0 Å². The third-order valence-electron chi connectivity index (χ3n) is 5.50. The Balaban J connectivity index is 1.66. The first kappa shape index (κ1) is 19.9. The van der Waals surface area contributed by atoms with Crippen molar-refractivity contribution in [1.82, 2.24) is 19.7 Å². The number of anilines is 1. The van der Waals surface area contributed by atoms with E-state index in [9.17, 15) is 4.79 Å². The maximum atomic E-state index is 13.5. The number of rotatable bonds is 4. The summed E-state index contributed by atoms with van der Waals surface area (Å²) in [6, 6.07) is 13.4. The lowest BCUT2D eigenvalue weighted by molar-refractivity contribution is 0.102. The Labute approximate surface area is 185 Å². The monoisotopic (exact) mass is 425 g/mol. The van der Waals surface area contributed by atoms with Crippen LogP contribution in [0.25, 0.3) is 33.2 Å². The van der Waals surface area contributed by atoms with Crippen LogP contribution in [0.2, 0.25) is 0 Å². The van der Waals surface area contributed by atoms with E-state index in [1.54, 1.807) is 18.5 Å². The Morgan fingerprint density at radius 1 is 1.12 bits per heavy atom. The average Bonchev–Trinajstić information content (AvgIpc) is 3.35. The van der Waals surface area contributed by atoms with Crippen LogP contribution in [0, 0.1) is 13.8 Å². The van der Waals surface area contributed by atoms with Crippen LogP contribution in [0.1, 0.15) is 41.8 Å². The van der Waals surface area contributed by atoms with E-state index < -0.39 is 0 Å². The number of aryl methyl sites for hydroxylation is 2. The van der Waals surface area contributed by atoms with E-state index in [2.05, 4.69) is 15.4 Å². The minimum Gasteiger partial charge on any atom is -0.466 e. The highest BCUT2D eigenvalue weighted by Gasteiger charge is 2.21. The first-order chi connectivity index (χ1) is 15.4. The second kappa shape index (κ2) is 7.60. The number of nitrogens with zero attached hydrogens (tertiary/aromatic N) is 4. The SMILES string of the molecule is Cc1cc(-c2cc(C(=O)Nc3cccc4cccnc34)c3cnn(C(C)C)c3n2)c(C)o1. The molecule has 4 aromatic heterocycles. The molecule has 0 saturated carbocycles. The molecule has 0 fully saturated rings. The molecule has 1 aromatic carbocycles. The van der Waals surface area contributed by atoms with Gasteiger partial charge in [0.1, 0.15) is 11.5 Å². The van der Waals surface area contributed by atoms with Gasteiger partial charge in [0, 0.05) is 23.2 Å². The molecule has 0 bridgehead atoms. The van der Waals surface area contributed by atoms with E-state index >= 15 is 0 Å². The van der Waals surface area contributed by atoms with Gasteiger partial charge in [-0.2, -0.15) is 5.10 Å². The highest BCUT2D eigenvalue weighted by atomic mass is 16.3. The maximum absolute atomic E-state index is 13.5. The summed E-state index contributed by atoms with van der Waals surface area (Å²) in [6.45, 7) is 7.87. The van der Waals surface area contributed by atoms with Crippen LogP contribution in [0.15, 0.2) is 59.3 Å². The van der Waals surface area contributed by atoms with Crippen molar-refractivity contribution >= 4 is 33.5 Å². The fraction of sp³-hybridized carbons (Fsp3) is 0.200. The molecule has 1 N–H and O–H groups in total. The molecule has 5 rings (SSSR count). The van der Waals surface area contributed by atoms with Crippen molar-refractivity contribution in [1.29, 1.82) is 0 Å². The van der Waals surface area contributed by atoms with Crippen molar-refractivity contribution in [2.24, 2.45) is 0 Å². The van der Waals surface area contributed by atoms with Gasteiger partial charge in [0.15, 0.2) is 5.65 Å². The predicted octanol–water partition coefficient (Wildman–Crippen LogP) is 5.69. The number of para-hydroxylation sites is 1. The first-order valence-corrected chi connectivity index (χ1v) is 10.5. The molecule has 5 aromatic rings. The molecule has 0 aliphatic rings. The zero-order valence-electron chi connectivity index (χ0n) is 18.4. The maximum Gasteiger partial charge on any atom is 0.256 e. The molecule has 0 aliphatic heterocycles. The molecule has 0 radical (unpaired) electrons. The summed E-state index contributed by atoms with van der Waals surface area (Å²) in [6.07, 6.45) is 3.42. The van der Waals surface area contributed by atoms with Gasteiger partial charge in [0.2, 0.25) is 0 Å². The van der Waals surface area contributed by atoms with Crippen molar-refractivity contribution < 1.29 is 9.21 Å². The number of hydrogen-bond donors (Lipinski definition) is 1. The molecule has 0 unspecified atom stereocenters. The van der Waals surface area contributed by atoms with Crippen LogP contribution in [0.3, 0.4) is 0 Å². The second-order valence-electron chi connectivity index (χ2n) is 8.14. The highest BCUT2D eigenvalue weighted by Crippen LogP contribution is 2.31. The zero-order chi connectivity index (χ0) is 22.4. The van der Waals surface area contributed by atoms with E-state index in [-0.39, 0.29) is 11.9 Å². The average molecular weight is 425 g/mol. The number of hydrogen-bond acceptors (Lipinski definition) is 5. The summed E-state index contributed by atoms with van der Waals surface area (Å²) < 4.78 is 7.54. The van der Waals surface area contributed by atoms with Gasteiger partial charge in [-0.3, -0.25) is 9.78 Å². The van der Waals surface area contributed by atoms with Gasteiger partial charge in [0.05, 0.1) is 34.0 Å². The summed E-state index contributed by atoms with van der Waals surface area (Å²) in [5.74, 6) is 1.32. The smallest absolute Gasteiger partial charge is 0.256 e. The van der Waals surface area contributed by atoms with E-state index in [1.165, 1.54) is 0 Å². The molecule has 0 atom stereocenters. The van der Waals surface area contributed by atoms with Crippen LogP contribution in [0.4, 0.5) is 5.69 Å². The van der Waals surface area contributed by atoms with Crippen LogP contribution in [-0.2, 0) is 0 Å². The van der Waals surface area contributed by atoms with E-state index in [0.29, 0.717) is 28.0 Å². The molecule has 7 nitrogen and oxygen atoms in total. The van der Waals surface area contributed by atoms with Crippen molar-refractivity contribution in [3.63, 3.8) is 0 Å². The van der Waals surface area contributed by atoms with Crippen molar-refractivity contribution in [3.8, 4) is 11.3 Å². The van der Waals surface area contributed by atoms with Crippen LogP contribution in [-0.4, -0.2) is 25.7 Å². The largest absolute Gasteiger partial charge is 0.466 e. The van der Waals surface area contributed by atoms with Crippen LogP contribution >= 0.6 is 0 Å². The Morgan fingerprint density at radius 2 is 1.94 bits per heavy atom. The number of benzene rings is 1. The van der Waals surface area contributed by atoms with E-state index in [1.807, 2.05) is 68.8 Å². The fourth-order valence-electron chi connectivity index (χ4n) is 4.00. The van der Waals surface area contributed by atoms with Gasteiger partial charge in [0.25, 0.3) is 5.91 Å². The molecule has 0 saturated heterocycles.